The summed E-state index contributed by atoms with van der Waals surface area (Å²) in [4.78, 5) is 24.1. The number of halogens is 1. The van der Waals surface area contributed by atoms with Gasteiger partial charge in [-0.1, -0.05) is 0 Å². The van der Waals surface area contributed by atoms with E-state index in [0.717, 1.165) is 0 Å². The van der Waals surface area contributed by atoms with Gasteiger partial charge in [0.1, 0.15) is 11.4 Å². The molecule has 1 heterocycles. The highest BCUT2D eigenvalue weighted by atomic mass is 19.1. The summed E-state index contributed by atoms with van der Waals surface area (Å²) in [5, 5.41) is 0.626. The predicted octanol–water partition coefficient (Wildman–Crippen LogP) is 3.98. The van der Waals surface area contributed by atoms with Crippen molar-refractivity contribution in [1.82, 2.24) is 0 Å². The minimum absolute atomic E-state index is 0.132. The zero-order valence-electron chi connectivity index (χ0n) is 12.3. The van der Waals surface area contributed by atoms with Crippen LogP contribution in [0.25, 0.3) is 11.0 Å². The third-order valence-corrected chi connectivity index (χ3v) is 3.36. The molecule has 0 aliphatic carbocycles. The minimum Gasteiger partial charge on any atom is -0.462 e. The number of benzene rings is 2. The van der Waals surface area contributed by atoms with Crippen LogP contribution in [0.15, 0.2) is 52.9 Å². The van der Waals surface area contributed by atoms with Crippen LogP contribution in [-0.4, -0.2) is 18.4 Å². The van der Waals surface area contributed by atoms with Crippen molar-refractivity contribution in [2.24, 2.45) is 0 Å². The lowest BCUT2D eigenvalue weighted by Crippen LogP contribution is -2.03. The molecule has 1 aromatic heterocycles. The van der Waals surface area contributed by atoms with Crippen molar-refractivity contribution in [3.8, 4) is 0 Å². The molecule has 3 rings (SSSR count). The van der Waals surface area contributed by atoms with E-state index in [-0.39, 0.29) is 18.2 Å². The molecule has 0 saturated carbocycles. The maximum Gasteiger partial charge on any atom is 0.338 e. The Balaban J connectivity index is 1.95. The Hall–Kier alpha value is -2.95. The summed E-state index contributed by atoms with van der Waals surface area (Å²) in [6, 6.07) is 11.6. The Morgan fingerprint density at radius 3 is 2.43 bits per heavy atom. The molecular weight excluding hydrogens is 299 g/mol. The second-order valence-electron chi connectivity index (χ2n) is 4.92. The van der Waals surface area contributed by atoms with E-state index >= 15 is 0 Å². The van der Waals surface area contributed by atoms with Crippen molar-refractivity contribution in [3.05, 3.63) is 71.2 Å². The molecule has 0 fully saturated rings. The molecule has 2 aromatic carbocycles. The van der Waals surface area contributed by atoms with Gasteiger partial charge in [0.15, 0.2) is 5.76 Å². The van der Waals surface area contributed by atoms with Gasteiger partial charge in [0.25, 0.3) is 0 Å². The fourth-order valence-electron chi connectivity index (χ4n) is 2.24. The van der Waals surface area contributed by atoms with E-state index < -0.39 is 11.8 Å². The Bertz CT molecular complexity index is 878. The average Bonchev–Trinajstić information content (AvgIpc) is 2.98. The first-order valence-corrected chi connectivity index (χ1v) is 7.09. The number of rotatable bonds is 4. The van der Waals surface area contributed by atoms with E-state index in [0.29, 0.717) is 22.1 Å². The third kappa shape index (κ3) is 2.99. The molecule has 0 aliphatic heterocycles. The van der Waals surface area contributed by atoms with Crippen LogP contribution in [0.1, 0.15) is 33.4 Å². The zero-order chi connectivity index (χ0) is 16.4. The summed E-state index contributed by atoms with van der Waals surface area (Å²) >= 11 is 0. The van der Waals surface area contributed by atoms with Crippen molar-refractivity contribution in [2.75, 3.05) is 6.61 Å². The normalized spacial score (nSPS) is 10.7. The lowest BCUT2D eigenvalue weighted by molar-refractivity contribution is 0.0526. The third-order valence-electron chi connectivity index (χ3n) is 3.36. The van der Waals surface area contributed by atoms with E-state index in [1.807, 2.05) is 0 Å². The van der Waals surface area contributed by atoms with Gasteiger partial charge < -0.3 is 9.15 Å². The zero-order valence-corrected chi connectivity index (χ0v) is 12.3. The minimum atomic E-state index is -0.429. The number of hydrogen-bond acceptors (Lipinski definition) is 4. The molecule has 4 nitrogen and oxygen atoms in total. The van der Waals surface area contributed by atoms with Gasteiger partial charge in [-0.3, -0.25) is 4.79 Å². The van der Waals surface area contributed by atoms with E-state index in [1.54, 1.807) is 31.2 Å². The second-order valence-corrected chi connectivity index (χ2v) is 4.92. The molecule has 0 aliphatic rings. The highest BCUT2D eigenvalue weighted by Crippen LogP contribution is 2.23. The molecule has 23 heavy (non-hydrogen) atoms. The van der Waals surface area contributed by atoms with Gasteiger partial charge in [-0.05, 0) is 55.5 Å². The monoisotopic (exact) mass is 312 g/mol. The van der Waals surface area contributed by atoms with Gasteiger partial charge in [-0.15, -0.1) is 0 Å². The lowest BCUT2D eigenvalue weighted by atomic mass is 10.1. The van der Waals surface area contributed by atoms with Gasteiger partial charge in [0, 0.05) is 10.9 Å². The van der Waals surface area contributed by atoms with Crippen LogP contribution in [0.4, 0.5) is 4.39 Å². The predicted molar refractivity (Wildman–Crippen MR) is 82.0 cm³/mol. The van der Waals surface area contributed by atoms with Gasteiger partial charge in [-0.2, -0.15) is 0 Å². The SMILES string of the molecule is CCOC(=O)c1ccc2oc(C(=O)c3ccc(F)cc3)cc2c1. The van der Waals surface area contributed by atoms with Crippen LogP contribution in [-0.2, 0) is 4.74 Å². The maximum absolute atomic E-state index is 12.9. The number of ether oxygens (including phenoxy) is 1. The van der Waals surface area contributed by atoms with E-state index in [2.05, 4.69) is 0 Å². The first-order valence-electron chi connectivity index (χ1n) is 7.09. The Labute approximate surface area is 131 Å². The standard InChI is InChI=1S/C18H13FO4/c1-2-22-18(21)12-5-8-15-13(9-12)10-16(23-15)17(20)11-3-6-14(19)7-4-11/h3-10H,2H2,1H3. The van der Waals surface area contributed by atoms with Gasteiger partial charge in [0.2, 0.25) is 5.78 Å². The number of furan rings is 1. The van der Waals surface area contributed by atoms with Crippen LogP contribution in [0.3, 0.4) is 0 Å². The molecule has 116 valence electrons. The van der Waals surface area contributed by atoms with Crippen molar-refractivity contribution < 1.29 is 23.1 Å². The second kappa shape index (κ2) is 6.04. The molecular formula is C18H13FO4. The lowest BCUT2D eigenvalue weighted by Gasteiger charge is -2.00. The first-order chi connectivity index (χ1) is 11.1. The Morgan fingerprint density at radius 2 is 1.74 bits per heavy atom. The summed E-state index contributed by atoms with van der Waals surface area (Å²) < 4.78 is 23.4. The molecule has 5 heteroatoms. The van der Waals surface area contributed by atoms with Gasteiger partial charge in [-0.25, -0.2) is 9.18 Å². The fourth-order valence-corrected chi connectivity index (χ4v) is 2.24. The number of hydrogen-bond donors (Lipinski definition) is 0. The molecule has 0 radical (unpaired) electrons. The van der Waals surface area contributed by atoms with Crippen LogP contribution >= 0.6 is 0 Å². The first kappa shape index (κ1) is 15.0. The van der Waals surface area contributed by atoms with E-state index in [1.165, 1.54) is 24.3 Å². The molecule has 0 N–H and O–H groups in total. The Morgan fingerprint density at radius 1 is 1.04 bits per heavy atom. The highest BCUT2D eigenvalue weighted by molar-refractivity contribution is 6.09. The molecule has 0 amide bonds. The van der Waals surface area contributed by atoms with Crippen LogP contribution < -0.4 is 0 Å². The number of carbonyl (C=O) groups is 2. The van der Waals surface area contributed by atoms with E-state index in [9.17, 15) is 14.0 Å². The number of fused-ring (bicyclic) bond motifs is 1. The molecule has 0 saturated heterocycles. The molecule has 0 unspecified atom stereocenters. The molecule has 0 bridgehead atoms. The molecule has 3 aromatic rings. The summed E-state index contributed by atoms with van der Waals surface area (Å²) in [5.41, 5.74) is 1.21. The highest BCUT2D eigenvalue weighted by Gasteiger charge is 2.16. The number of ketones is 1. The van der Waals surface area contributed by atoms with Gasteiger partial charge in [0.05, 0.1) is 12.2 Å². The molecule has 0 atom stereocenters. The van der Waals surface area contributed by atoms with Crippen LogP contribution in [0, 0.1) is 5.82 Å². The summed E-state index contributed by atoms with van der Waals surface area (Å²) in [6.07, 6.45) is 0. The number of carbonyl (C=O) groups excluding carboxylic acids is 2. The van der Waals surface area contributed by atoms with Crippen molar-refractivity contribution in [1.29, 1.82) is 0 Å². The fraction of sp³-hybridized carbons (Fsp3) is 0.111. The molecule has 0 spiro atoms. The largest absolute Gasteiger partial charge is 0.462 e. The average molecular weight is 312 g/mol. The smallest absolute Gasteiger partial charge is 0.338 e. The summed E-state index contributed by atoms with van der Waals surface area (Å²) in [7, 11) is 0. The Kier molecular flexibility index (Phi) is 3.93. The van der Waals surface area contributed by atoms with Crippen LogP contribution in [0.2, 0.25) is 0 Å². The van der Waals surface area contributed by atoms with Crippen molar-refractivity contribution in [2.45, 2.75) is 6.92 Å². The van der Waals surface area contributed by atoms with Crippen LogP contribution in [0.5, 0.6) is 0 Å². The maximum atomic E-state index is 12.9. The number of esters is 1. The van der Waals surface area contributed by atoms with Crippen molar-refractivity contribution in [3.63, 3.8) is 0 Å². The summed E-state index contributed by atoms with van der Waals surface area (Å²) in [5.74, 6) is -1.06. The topological polar surface area (TPSA) is 56.5 Å². The van der Waals surface area contributed by atoms with Crippen molar-refractivity contribution >= 4 is 22.7 Å². The van der Waals surface area contributed by atoms with E-state index in [4.69, 9.17) is 9.15 Å². The van der Waals surface area contributed by atoms with Gasteiger partial charge >= 0.3 is 5.97 Å². The quantitative estimate of drug-likeness (QED) is 0.540. The summed E-state index contributed by atoms with van der Waals surface area (Å²) in [6.45, 7) is 2.02.